The molecule has 2 nitrogen and oxygen atoms in total. The fraction of sp³-hybridized carbons (Fsp3) is 0.188. The third-order valence-electron chi connectivity index (χ3n) is 3.21. The third-order valence-corrected chi connectivity index (χ3v) is 4.26. The van der Waals surface area contributed by atoms with Gasteiger partial charge in [0.15, 0.2) is 0 Å². The minimum Gasteiger partial charge on any atom is -0.321 e. The fourth-order valence-electron chi connectivity index (χ4n) is 1.82. The van der Waals surface area contributed by atoms with E-state index in [1.54, 1.807) is 0 Å². The van der Waals surface area contributed by atoms with E-state index >= 15 is 0 Å². The molecule has 0 atom stereocenters. The quantitative estimate of drug-likeness (QED) is 0.859. The zero-order valence-corrected chi connectivity index (χ0v) is 12.8. The second kappa shape index (κ2) is 5.57. The predicted molar refractivity (Wildman–Crippen MR) is 82.7 cm³/mol. The summed E-state index contributed by atoms with van der Waals surface area (Å²) < 4.78 is 0.923. The number of amides is 1. The number of anilines is 1. The summed E-state index contributed by atoms with van der Waals surface area (Å²) in [6, 6.07) is 11.5. The molecule has 0 saturated heterocycles. The van der Waals surface area contributed by atoms with Gasteiger partial charge in [-0.3, -0.25) is 4.79 Å². The standard InChI is InChI=1S/C16H16BrNO/c1-10-7-8-13(9-12(10)3)16(19)18-14-6-4-5-11(2)15(14)17/h4-9H,1-3H3,(H,18,19). The molecule has 2 aromatic carbocycles. The van der Waals surface area contributed by atoms with Crippen LogP contribution in [-0.4, -0.2) is 5.91 Å². The first-order valence-corrected chi connectivity index (χ1v) is 6.92. The van der Waals surface area contributed by atoms with Gasteiger partial charge in [0.1, 0.15) is 0 Å². The van der Waals surface area contributed by atoms with Crippen molar-refractivity contribution in [2.24, 2.45) is 0 Å². The molecule has 0 aliphatic carbocycles. The molecule has 19 heavy (non-hydrogen) atoms. The Bertz CT molecular complexity index is 635. The number of carbonyl (C=O) groups excluding carboxylic acids is 1. The number of halogens is 1. The van der Waals surface area contributed by atoms with Gasteiger partial charge in [0.05, 0.1) is 5.69 Å². The second-order valence-electron chi connectivity index (χ2n) is 4.69. The molecule has 0 saturated carbocycles. The Morgan fingerprint density at radius 1 is 1.00 bits per heavy atom. The minimum atomic E-state index is -0.0885. The van der Waals surface area contributed by atoms with E-state index in [1.807, 2.05) is 57.2 Å². The number of aryl methyl sites for hydroxylation is 3. The molecule has 2 aromatic rings. The summed E-state index contributed by atoms with van der Waals surface area (Å²) in [6.07, 6.45) is 0. The summed E-state index contributed by atoms with van der Waals surface area (Å²) in [7, 11) is 0. The van der Waals surface area contributed by atoms with Crippen LogP contribution in [0.1, 0.15) is 27.0 Å². The van der Waals surface area contributed by atoms with E-state index in [1.165, 1.54) is 5.56 Å². The first-order chi connectivity index (χ1) is 8.99. The third kappa shape index (κ3) is 3.04. The van der Waals surface area contributed by atoms with Crippen LogP contribution in [0.3, 0.4) is 0 Å². The highest BCUT2D eigenvalue weighted by Gasteiger charge is 2.09. The van der Waals surface area contributed by atoms with Crippen molar-refractivity contribution in [2.75, 3.05) is 5.32 Å². The lowest BCUT2D eigenvalue weighted by molar-refractivity contribution is 0.102. The van der Waals surface area contributed by atoms with E-state index in [9.17, 15) is 4.79 Å². The van der Waals surface area contributed by atoms with Crippen molar-refractivity contribution in [1.82, 2.24) is 0 Å². The highest BCUT2D eigenvalue weighted by molar-refractivity contribution is 9.10. The van der Waals surface area contributed by atoms with Gasteiger partial charge in [-0.2, -0.15) is 0 Å². The molecule has 0 fully saturated rings. The maximum absolute atomic E-state index is 12.2. The number of rotatable bonds is 2. The summed E-state index contributed by atoms with van der Waals surface area (Å²) in [4.78, 5) is 12.2. The van der Waals surface area contributed by atoms with Gasteiger partial charge in [0, 0.05) is 10.0 Å². The monoisotopic (exact) mass is 317 g/mol. The smallest absolute Gasteiger partial charge is 0.255 e. The lowest BCUT2D eigenvalue weighted by atomic mass is 10.1. The Kier molecular flexibility index (Phi) is 4.05. The first-order valence-electron chi connectivity index (χ1n) is 6.13. The zero-order chi connectivity index (χ0) is 14.0. The van der Waals surface area contributed by atoms with Crippen molar-refractivity contribution in [3.63, 3.8) is 0 Å². The van der Waals surface area contributed by atoms with Crippen molar-refractivity contribution in [3.05, 3.63) is 63.1 Å². The van der Waals surface area contributed by atoms with Crippen LogP contribution in [-0.2, 0) is 0 Å². The van der Waals surface area contributed by atoms with Crippen LogP contribution in [0.5, 0.6) is 0 Å². The van der Waals surface area contributed by atoms with Crippen molar-refractivity contribution in [2.45, 2.75) is 20.8 Å². The molecule has 0 unspecified atom stereocenters. The number of carbonyl (C=O) groups is 1. The van der Waals surface area contributed by atoms with Gasteiger partial charge in [0.2, 0.25) is 0 Å². The first kappa shape index (κ1) is 13.8. The van der Waals surface area contributed by atoms with E-state index < -0.39 is 0 Å². The topological polar surface area (TPSA) is 29.1 Å². The Labute approximate surface area is 122 Å². The van der Waals surface area contributed by atoms with E-state index in [0.717, 1.165) is 21.3 Å². The van der Waals surface area contributed by atoms with Gasteiger partial charge >= 0.3 is 0 Å². The van der Waals surface area contributed by atoms with Crippen molar-refractivity contribution in [3.8, 4) is 0 Å². The molecule has 1 N–H and O–H groups in total. The van der Waals surface area contributed by atoms with Gasteiger partial charge in [0.25, 0.3) is 5.91 Å². The molecule has 3 heteroatoms. The molecule has 0 radical (unpaired) electrons. The highest BCUT2D eigenvalue weighted by atomic mass is 79.9. The van der Waals surface area contributed by atoms with Gasteiger partial charge in [-0.25, -0.2) is 0 Å². The number of nitrogens with one attached hydrogen (secondary N) is 1. The summed E-state index contributed by atoms with van der Waals surface area (Å²) in [5.74, 6) is -0.0885. The molecule has 0 spiro atoms. The lowest BCUT2D eigenvalue weighted by Crippen LogP contribution is -2.12. The normalized spacial score (nSPS) is 10.3. The van der Waals surface area contributed by atoms with Crippen molar-refractivity contribution < 1.29 is 4.79 Å². The van der Waals surface area contributed by atoms with Crippen LogP contribution in [0.25, 0.3) is 0 Å². The van der Waals surface area contributed by atoms with E-state index in [4.69, 9.17) is 0 Å². The maximum Gasteiger partial charge on any atom is 0.255 e. The van der Waals surface area contributed by atoms with E-state index in [-0.39, 0.29) is 5.91 Å². The maximum atomic E-state index is 12.2. The predicted octanol–water partition coefficient (Wildman–Crippen LogP) is 4.63. The van der Waals surface area contributed by atoms with Crippen LogP contribution in [0.2, 0.25) is 0 Å². The molecular formula is C16H16BrNO. The van der Waals surface area contributed by atoms with Crippen molar-refractivity contribution >= 4 is 27.5 Å². The largest absolute Gasteiger partial charge is 0.321 e. The number of hydrogen-bond acceptors (Lipinski definition) is 1. The molecule has 1 amide bonds. The van der Waals surface area contributed by atoms with E-state index in [2.05, 4.69) is 21.2 Å². The molecule has 98 valence electrons. The lowest BCUT2D eigenvalue weighted by Gasteiger charge is -2.10. The summed E-state index contributed by atoms with van der Waals surface area (Å²) in [5.41, 5.74) is 4.88. The average Bonchev–Trinajstić information content (AvgIpc) is 2.38. The molecule has 0 aliphatic heterocycles. The van der Waals surface area contributed by atoms with Crippen molar-refractivity contribution in [1.29, 1.82) is 0 Å². The average molecular weight is 318 g/mol. The highest BCUT2D eigenvalue weighted by Crippen LogP contribution is 2.26. The second-order valence-corrected chi connectivity index (χ2v) is 5.48. The van der Waals surface area contributed by atoms with Crippen LogP contribution in [0.4, 0.5) is 5.69 Å². The SMILES string of the molecule is Cc1ccc(C(=O)Nc2cccc(C)c2Br)cc1C. The van der Waals surface area contributed by atoms with E-state index in [0.29, 0.717) is 5.56 Å². The molecule has 0 heterocycles. The summed E-state index contributed by atoms with van der Waals surface area (Å²) in [6.45, 7) is 6.04. The number of benzene rings is 2. The minimum absolute atomic E-state index is 0.0885. The molecule has 0 bridgehead atoms. The molecular weight excluding hydrogens is 302 g/mol. The zero-order valence-electron chi connectivity index (χ0n) is 11.3. The van der Waals surface area contributed by atoms with Crippen LogP contribution >= 0.6 is 15.9 Å². The summed E-state index contributed by atoms with van der Waals surface area (Å²) >= 11 is 3.49. The fourth-order valence-corrected chi connectivity index (χ4v) is 2.18. The van der Waals surface area contributed by atoms with Gasteiger partial charge < -0.3 is 5.32 Å². The van der Waals surface area contributed by atoms with Gasteiger partial charge in [-0.15, -0.1) is 0 Å². The molecule has 0 aliphatic rings. The van der Waals surface area contributed by atoms with Gasteiger partial charge in [-0.1, -0.05) is 18.2 Å². The molecule has 2 rings (SSSR count). The summed E-state index contributed by atoms with van der Waals surface area (Å²) in [5, 5.41) is 2.93. The molecule has 0 aromatic heterocycles. The number of hydrogen-bond donors (Lipinski definition) is 1. The van der Waals surface area contributed by atoms with Crippen LogP contribution in [0.15, 0.2) is 40.9 Å². The Balaban J connectivity index is 2.26. The van der Waals surface area contributed by atoms with Crippen LogP contribution in [0, 0.1) is 20.8 Å². The van der Waals surface area contributed by atoms with Crippen LogP contribution < -0.4 is 5.32 Å². The Morgan fingerprint density at radius 3 is 2.42 bits per heavy atom. The Morgan fingerprint density at radius 2 is 1.74 bits per heavy atom. The van der Waals surface area contributed by atoms with Gasteiger partial charge in [-0.05, 0) is 71.6 Å². The Hall–Kier alpha value is -1.61.